The van der Waals surface area contributed by atoms with Gasteiger partial charge in [-0.25, -0.2) is 4.79 Å². The van der Waals surface area contributed by atoms with E-state index in [1.807, 2.05) is 68.4 Å². The van der Waals surface area contributed by atoms with E-state index in [-0.39, 0.29) is 0 Å². The Hall–Kier alpha value is -2.81. The predicted octanol–water partition coefficient (Wildman–Crippen LogP) is 4.53. The number of rotatable bonds is 5. The summed E-state index contributed by atoms with van der Waals surface area (Å²) in [5.41, 5.74) is 3.22. The number of benzene rings is 3. The van der Waals surface area contributed by atoms with Crippen molar-refractivity contribution in [1.82, 2.24) is 0 Å². The second kappa shape index (κ2) is 6.75. The largest absolute Gasteiger partial charge is 0.478 e. The quantitative estimate of drug-likeness (QED) is 0.751. The zero-order valence-electron chi connectivity index (χ0n) is 13.8. The Kier molecular flexibility index (Phi) is 4.52. The van der Waals surface area contributed by atoms with Gasteiger partial charge in [-0.05, 0) is 30.9 Å². The molecule has 0 bridgehead atoms. The van der Waals surface area contributed by atoms with Crippen molar-refractivity contribution in [2.45, 2.75) is 26.4 Å². The topological polar surface area (TPSA) is 46.5 Å². The first-order valence-electron chi connectivity index (χ1n) is 7.97. The van der Waals surface area contributed by atoms with E-state index in [1.54, 1.807) is 0 Å². The third-order valence-electron chi connectivity index (χ3n) is 4.00. The Balaban J connectivity index is 1.90. The number of carbonyl (C=O) groups is 1. The number of ether oxygens (including phenoxy) is 1. The van der Waals surface area contributed by atoms with E-state index < -0.39 is 12.1 Å². The van der Waals surface area contributed by atoms with Gasteiger partial charge in [-0.1, -0.05) is 65.7 Å². The highest BCUT2D eigenvalue weighted by Gasteiger charge is 2.21. The highest BCUT2D eigenvalue weighted by atomic mass is 16.5. The molecule has 3 heteroatoms. The second-order valence-electron chi connectivity index (χ2n) is 6.12. The Morgan fingerprint density at radius 2 is 1.67 bits per heavy atom. The van der Waals surface area contributed by atoms with Crippen molar-refractivity contribution >= 4 is 16.7 Å². The lowest BCUT2D eigenvalue weighted by molar-refractivity contribution is -0.144. The van der Waals surface area contributed by atoms with Gasteiger partial charge in [0.05, 0.1) is 0 Å². The van der Waals surface area contributed by atoms with E-state index in [1.165, 1.54) is 0 Å². The molecule has 0 spiro atoms. The fourth-order valence-corrected chi connectivity index (χ4v) is 3.03. The summed E-state index contributed by atoms with van der Waals surface area (Å²) in [7, 11) is 0. The van der Waals surface area contributed by atoms with E-state index in [0.717, 1.165) is 27.5 Å². The fourth-order valence-electron chi connectivity index (χ4n) is 3.03. The monoisotopic (exact) mass is 320 g/mol. The number of hydrogen-bond acceptors (Lipinski definition) is 2. The van der Waals surface area contributed by atoms with Gasteiger partial charge in [0.25, 0.3) is 0 Å². The molecule has 0 unspecified atom stereocenters. The molecule has 0 aliphatic carbocycles. The molecule has 24 heavy (non-hydrogen) atoms. The molecule has 0 aromatic heterocycles. The van der Waals surface area contributed by atoms with Crippen LogP contribution in [0.1, 0.15) is 16.7 Å². The second-order valence-corrected chi connectivity index (χ2v) is 6.12. The molecular formula is C21H20O3. The van der Waals surface area contributed by atoms with Crippen LogP contribution in [-0.4, -0.2) is 17.2 Å². The van der Waals surface area contributed by atoms with Crippen molar-refractivity contribution in [3.8, 4) is 5.75 Å². The number of aliphatic carboxylic acids is 1. The van der Waals surface area contributed by atoms with E-state index in [9.17, 15) is 9.90 Å². The van der Waals surface area contributed by atoms with Crippen LogP contribution in [0.3, 0.4) is 0 Å². The maximum absolute atomic E-state index is 11.7. The van der Waals surface area contributed by atoms with Gasteiger partial charge in [0.1, 0.15) is 5.75 Å². The average molecular weight is 320 g/mol. The number of hydrogen-bond donors (Lipinski definition) is 1. The first-order valence-corrected chi connectivity index (χ1v) is 7.97. The van der Waals surface area contributed by atoms with Crippen LogP contribution in [0, 0.1) is 13.8 Å². The van der Waals surface area contributed by atoms with Gasteiger partial charge in [-0.3, -0.25) is 0 Å². The molecule has 0 aliphatic heterocycles. The Labute approximate surface area is 141 Å². The normalized spacial score (nSPS) is 12.1. The molecule has 3 nitrogen and oxygen atoms in total. The van der Waals surface area contributed by atoms with Crippen LogP contribution in [0.5, 0.6) is 5.75 Å². The van der Waals surface area contributed by atoms with Gasteiger partial charge in [-0.2, -0.15) is 0 Å². The minimum atomic E-state index is -0.956. The Bertz CT molecular complexity index is 858. The van der Waals surface area contributed by atoms with Crippen LogP contribution >= 0.6 is 0 Å². The number of fused-ring (bicyclic) bond motifs is 1. The minimum Gasteiger partial charge on any atom is -0.478 e. The molecule has 0 amide bonds. The SMILES string of the molecule is Cc1cc(C)cc(C[C@@H](Oc2cccc3ccccc23)C(=O)O)c1. The van der Waals surface area contributed by atoms with Crippen LogP contribution in [0.4, 0.5) is 0 Å². The van der Waals surface area contributed by atoms with Crippen molar-refractivity contribution in [3.05, 3.63) is 77.4 Å². The zero-order valence-corrected chi connectivity index (χ0v) is 13.8. The summed E-state index contributed by atoms with van der Waals surface area (Å²) in [4.78, 5) is 11.7. The minimum absolute atomic E-state index is 0.334. The van der Waals surface area contributed by atoms with Crippen LogP contribution < -0.4 is 4.74 Å². The van der Waals surface area contributed by atoms with Crippen LogP contribution in [-0.2, 0) is 11.2 Å². The van der Waals surface area contributed by atoms with Gasteiger partial charge < -0.3 is 9.84 Å². The van der Waals surface area contributed by atoms with Crippen LogP contribution in [0.15, 0.2) is 60.7 Å². The van der Waals surface area contributed by atoms with E-state index >= 15 is 0 Å². The zero-order chi connectivity index (χ0) is 17.1. The molecule has 3 rings (SSSR count). The Morgan fingerprint density at radius 3 is 2.38 bits per heavy atom. The van der Waals surface area contributed by atoms with E-state index in [2.05, 4.69) is 6.07 Å². The third-order valence-corrected chi connectivity index (χ3v) is 4.00. The number of carboxylic acid groups (broad SMARTS) is 1. The lowest BCUT2D eigenvalue weighted by atomic mass is 10.0. The summed E-state index contributed by atoms with van der Waals surface area (Å²) in [5, 5.41) is 11.5. The van der Waals surface area contributed by atoms with Crippen LogP contribution in [0.2, 0.25) is 0 Å². The first kappa shape index (κ1) is 16.1. The molecule has 1 N–H and O–H groups in total. The van der Waals surface area contributed by atoms with Gasteiger partial charge in [0.15, 0.2) is 6.10 Å². The molecule has 0 saturated heterocycles. The van der Waals surface area contributed by atoms with Crippen molar-refractivity contribution in [2.75, 3.05) is 0 Å². The molecule has 0 saturated carbocycles. The molecule has 1 atom stereocenters. The molecule has 0 aliphatic rings. The molecule has 3 aromatic rings. The van der Waals surface area contributed by atoms with Crippen molar-refractivity contribution in [2.24, 2.45) is 0 Å². The first-order chi connectivity index (χ1) is 11.5. The molecule has 3 aromatic carbocycles. The summed E-state index contributed by atoms with van der Waals surface area (Å²) in [5.74, 6) is -0.355. The molecule has 122 valence electrons. The number of carboxylic acids is 1. The maximum Gasteiger partial charge on any atom is 0.345 e. The average Bonchev–Trinajstić information content (AvgIpc) is 2.53. The van der Waals surface area contributed by atoms with Gasteiger partial charge in [0, 0.05) is 11.8 Å². The van der Waals surface area contributed by atoms with Gasteiger partial charge in [0.2, 0.25) is 0 Å². The van der Waals surface area contributed by atoms with Crippen molar-refractivity contribution in [1.29, 1.82) is 0 Å². The summed E-state index contributed by atoms with van der Waals surface area (Å²) in [6.45, 7) is 4.02. The number of aryl methyl sites for hydroxylation is 2. The smallest absolute Gasteiger partial charge is 0.345 e. The summed E-state index contributed by atoms with van der Waals surface area (Å²) in [6, 6.07) is 19.6. The highest BCUT2D eigenvalue weighted by Crippen LogP contribution is 2.27. The molecule has 0 heterocycles. The molecule has 0 fully saturated rings. The Morgan fingerprint density at radius 1 is 1.00 bits per heavy atom. The maximum atomic E-state index is 11.7. The van der Waals surface area contributed by atoms with Gasteiger partial charge >= 0.3 is 5.97 Å². The summed E-state index contributed by atoms with van der Waals surface area (Å²) in [6.07, 6.45) is -0.585. The molecule has 0 radical (unpaired) electrons. The summed E-state index contributed by atoms with van der Waals surface area (Å²) < 4.78 is 5.87. The van der Waals surface area contributed by atoms with E-state index in [0.29, 0.717) is 12.2 Å². The standard InChI is InChI=1S/C21H20O3/c1-14-10-15(2)12-16(11-14)13-20(21(22)23)24-19-9-5-7-17-6-3-4-8-18(17)19/h3-12,20H,13H2,1-2H3,(H,22,23)/t20-/m1/s1. The lowest BCUT2D eigenvalue weighted by Crippen LogP contribution is -2.29. The highest BCUT2D eigenvalue weighted by molar-refractivity contribution is 5.88. The lowest BCUT2D eigenvalue weighted by Gasteiger charge is -2.17. The molecular weight excluding hydrogens is 300 g/mol. The van der Waals surface area contributed by atoms with Gasteiger partial charge in [-0.15, -0.1) is 0 Å². The van der Waals surface area contributed by atoms with E-state index in [4.69, 9.17) is 4.74 Å². The van der Waals surface area contributed by atoms with Crippen molar-refractivity contribution < 1.29 is 14.6 Å². The summed E-state index contributed by atoms with van der Waals surface area (Å²) >= 11 is 0. The predicted molar refractivity (Wildman–Crippen MR) is 95.6 cm³/mol. The van der Waals surface area contributed by atoms with Crippen LogP contribution in [0.25, 0.3) is 10.8 Å². The fraction of sp³-hybridized carbons (Fsp3) is 0.190. The van der Waals surface area contributed by atoms with Crippen molar-refractivity contribution in [3.63, 3.8) is 0 Å². The third kappa shape index (κ3) is 3.57.